The fourth-order valence-corrected chi connectivity index (χ4v) is 3.03. The minimum atomic E-state index is -0.543. The van der Waals surface area contributed by atoms with E-state index in [2.05, 4.69) is 36.5 Å². The van der Waals surface area contributed by atoms with E-state index in [1.807, 2.05) is 19.9 Å². The number of amides is 1. The average molecular weight is 392 g/mol. The number of benzene rings is 1. The summed E-state index contributed by atoms with van der Waals surface area (Å²) in [4.78, 5) is 24.0. The Morgan fingerprint density at radius 1 is 1.07 bits per heavy atom. The molecular weight excluding hydrogens is 354 g/mol. The van der Waals surface area contributed by atoms with Gasteiger partial charge in [0.2, 0.25) is 0 Å². The lowest BCUT2D eigenvalue weighted by Gasteiger charge is -2.24. The number of nitrogens with one attached hydrogen (secondary N) is 1. The summed E-state index contributed by atoms with van der Waals surface area (Å²) in [7, 11) is 0. The molecule has 0 fully saturated rings. The number of hydrogen-bond acceptors (Lipinski definition) is 4. The van der Waals surface area contributed by atoms with Crippen LogP contribution in [0.1, 0.15) is 78.7 Å². The molecule has 1 amide bonds. The van der Waals surface area contributed by atoms with Crippen molar-refractivity contribution in [1.82, 2.24) is 5.32 Å². The van der Waals surface area contributed by atoms with E-state index in [1.165, 1.54) is 5.56 Å². The Hall–Kier alpha value is -2.04. The lowest BCUT2D eigenvalue weighted by molar-refractivity contribution is -0.154. The van der Waals surface area contributed by atoms with E-state index < -0.39 is 17.1 Å². The number of ether oxygens (including phenoxy) is 2. The van der Waals surface area contributed by atoms with Gasteiger partial charge in [-0.1, -0.05) is 43.7 Å². The minimum Gasteiger partial charge on any atom is -0.463 e. The molecule has 0 aliphatic heterocycles. The Kier molecular flexibility index (Phi) is 9.50. The van der Waals surface area contributed by atoms with Crippen LogP contribution in [0.4, 0.5) is 4.79 Å². The molecule has 0 bridgehead atoms. The van der Waals surface area contributed by atoms with Gasteiger partial charge in [0.05, 0.1) is 12.0 Å². The molecule has 0 saturated heterocycles. The first kappa shape index (κ1) is 24.0. The van der Waals surface area contributed by atoms with Gasteiger partial charge in [0.15, 0.2) is 0 Å². The Bertz CT molecular complexity index is 605. The quantitative estimate of drug-likeness (QED) is 0.426. The fraction of sp³-hybridized carbons (Fsp3) is 0.652. The number of carbonyl (C=O) groups excluding carboxylic acids is 2. The maximum absolute atomic E-state index is 12.4. The van der Waals surface area contributed by atoms with Crippen LogP contribution in [0, 0.1) is 5.41 Å². The van der Waals surface area contributed by atoms with Crippen LogP contribution in [-0.2, 0) is 14.3 Å². The van der Waals surface area contributed by atoms with Crippen molar-refractivity contribution in [2.45, 2.75) is 78.7 Å². The van der Waals surface area contributed by atoms with Crippen LogP contribution in [0.5, 0.6) is 0 Å². The monoisotopic (exact) mass is 391 g/mol. The summed E-state index contributed by atoms with van der Waals surface area (Å²) in [5.74, 6) is 0.289. The van der Waals surface area contributed by atoms with Gasteiger partial charge >= 0.3 is 12.1 Å². The first-order valence-electron chi connectivity index (χ1n) is 10.2. The van der Waals surface area contributed by atoms with Crippen LogP contribution in [0.2, 0.25) is 0 Å². The Morgan fingerprint density at radius 3 is 2.29 bits per heavy atom. The molecular formula is C23H37NO4. The second-order valence-electron chi connectivity index (χ2n) is 8.86. The van der Waals surface area contributed by atoms with Gasteiger partial charge < -0.3 is 14.8 Å². The Balaban J connectivity index is 2.33. The molecule has 0 saturated carbocycles. The van der Waals surface area contributed by atoms with Gasteiger partial charge in [0.25, 0.3) is 0 Å². The number of esters is 1. The zero-order valence-electron chi connectivity index (χ0n) is 18.3. The summed E-state index contributed by atoms with van der Waals surface area (Å²) in [5, 5.41) is 2.59. The van der Waals surface area contributed by atoms with Crippen molar-refractivity contribution >= 4 is 12.1 Å². The summed E-state index contributed by atoms with van der Waals surface area (Å²) < 4.78 is 10.5. The van der Waals surface area contributed by atoms with Gasteiger partial charge in [-0.3, -0.25) is 4.79 Å². The third-order valence-corrected chi connectivity index (χ3v) is 4.67. The Labute approximate surface area is 170 Å². The molecule has 0 spiro atoms. The highest BCUT2D eigenvalue weighted by molar-refractivity contribution is 5.75. The van der Waals surface area contributed by atoms with Crippen molar-refractivity contribution < 1.29 is 19.1 Å². The van der Waals surface area contributed by atoms with Crippen molar-refractivity contribution in [2.75, 3.05) is 13.2 Å². The molecule has 1 rings (SSSR count). The van der Waals surface area contributed by atoms with E-state index in [0.29, 0.717) is 5.92 Å². The van der Waals surface area contributed by atoms with Gasteiger partial charge in [-0.2, -0.15) is 0 Å². The molecule has 1 N–H and O–H groups in total. The minimum absolute atomic E-state index is 0.142. The highest BCUT2D eigenvalue weighted by atomic mass is 16.6. The average Bonchev–Trinajstić information content (AvgIpc) is 2.61. The van der Waals surface area contributed by atoms with E-state index in [1.54, 1.807) is 20.8 Å². The van der Waals surface area contributed by atoms with Crippen molar-refractivity contribution in [2.24, 2.45) is 5.41 Å². The molecule has 158 valence electrons. The molecule has 1 unspecified atom stereocenters. The van der Waals surface area contributed by atoms with Gasteiger partial charge in [-0.15, -0.1) is 0 Å². The van der Waals surface area contributed by atoms with Crippen LogP contribution >= 0.6 is 0 Å². The van der Waals surface area contributed by atoms with Crippen LogP contribution in [-0.4, -0.2) is 30.8 Å². The maximum Gasteiger partial charge on any atom is 0.407 e. The predicted molar refractivity (Wildman–Crippen MR) is 112 cm³/mol. The molecule has 1 aromatic rings. The number of carbonyl (C=O) groups is 2. The maximum atomic E-state index is 12.4. The fourth-order valence-electron chi connectivity index (χ4n) is 3.03. The molecule has 0 aliphatic rings. The van der Waals surface area contributed by atoms with Crippen LogP contribution in [0.3, 0.4) is 0 Å². The topological polar surface area (TPSA) is 64.6 Å². The van der Waals surface area contributed by atoms with Crippen LogP contribution < -0.4 is 5.32 Å². The molecule has 5 nitrogen and oxygen atoms in total. The SMILES string of the molecule is CCC(CCCC(C)(C)C(=O)OCCNC(=O)OC(C)(C)C)c1ccccc1. The van der Waals surface area contributed by atoms with E-state index in [0.717, 1.165) is 25.7 Å². The summed E-state index contributed by atoms with van der Waals surface area (Å²) in [5.41, 5.74) is 0.276. The Morgan fingerprint density at radius 2 is 1.71 bits per heavy atom. The molecule has 0 aliphatic carbocycles. The van der Waals surface area contributed by atoms with Crippen molar-refractivity contribution in [1.29, 1.82) is 0 Å². The van der Waals surface area contributed by atoms with Crippen LogP contribution in [0.15, 0.2) is 30.3 Å². The molecule has 1 aromatic carbocycles. The first-order valence-corrected chi connectivity index (χ1v) is 10.2. The predicted octanol–water partition coefficient (Wildman–Crippen LogP) is 5.44. The van der Waals surface area contributed by atoms with E-state index in [4.69, 9.17) is 9.47 Å². The van der Waals surface area contributed by atoms with Crippen molar-refractivity contribution in [3.8, 4) is 0 Å². The van der Waals surface area contributed by atoms with E-state index in [-0.39, 0.29) is 19.1 Å². The number of rotatable bonds is 10. The highest BCUT2D eigenvalue weighted by Gasteiger charge is 2.29. The smallest absolute Gasteiger partial charge is 0.407 e. The highest BCUT2D eigenvalue weighted by Crippen LogP contribution is 2.30. The lowest BCUT2D eigenvalue weighted by Crippen LogP contribution is -2.35. The molecule has 1 atom stereocenters. The van der Waals surface area contributed by atoms with Crippen LogP contribution in [0.25, 0.3) is 0 Å². The summed E-state index contributed by atoms with van der Waals surface area (Å²) in [6, 6.07) is 10.5. The molecule has 0 aromatic heterocycles. The molecule has 0 radical (unpaired) electrons. The van der Waals surface area contributed by atoms with E-state index >= 15 is 0 Å². The molecule has 5 heteroatoms. The largest absolute Gasteiger partial charge is 0.463 e. The van der Waals surface area contributed by atoms with Crippen molar-refractivity contribution in [3.05, 3.63) is 35.9 Å². The van der Waals surface area contributed by atoms with Gasteiger partial charge in [0.1, 0.15) is 12.2 Å². The van der Waals surface area contributed by atoms with Gasteiger partial charge in [0, 0.05) is 0 Å². The standard InChI is InChI=1S/C23H37NO4/c1-7-18(19-12-9-8-10-13-19)14-11-15-23(5,6)20(25)27-17-16-24-21(26)28-22(2,3)4/h8-10,12-13,18H,7,11,14-17H2,1-6H3,(H,24,26). The molecule has 0 heterocycles. The third kappa shape index (κ3) is 9.25. The zero-order valence-corrected chi connectivity index (χ0v) is 18.3. The van der Waals surface area contributed by atoms with Gasteiger partial charge in [-0.05, 0) is 65.4 Å². The summed E-state index contributed by atoms with van der Waals surface area (Å²) in [6.07, 6.45) is 3.37. The number of alkyl carbamates (subject to hydrolysis) is 1. The third-order valence-electron chi connectivity index (χ3n) is 4.67. The van der Waals surface area contributed by atoms with E-state index in [9.17, 15) is 9.59 Å². The summed E-state index contributed by atoms with van der Waals surface area (Å²) >= 11 is 0. The second kappa shape index (κ2) is 11.1. The zero-order chi connectivity index (χ0) is 21.2. The number of hydrogen-bond donors (Lipinski definition) is 1. The molecule has 28 heavy (non-hydrogen) atoms. The summed E-state index contributed by atoms with van der Waals surface area (Å²) in [6.45, 7) is 11.8. The normalized spacial score (nSPS) is 12.9. The lowest BCUT2D eigenvalue weighted by atomic mass is 9.84. The second-order valence-corrected chi connectivity index (χ2v) is 8.86. The van der Waals surface area contributed by atoms with Gasteiger partial charge in [-0.25, -0.2) is 4.79 Å². The van der Waals surface area contributed by atoms with Crippen molar-refractivity contribution in [3.63, 3.8) is 0 Å². The first-order chi connectivity index (χ1) is 13.0.